The Morgan fingerprint density at radius 2 is 1.54 bits per heavy atom. The number of aryl methyl sites for hydroxylation is 1. The molecule has 3 aromatic rings. The van der Waals surface area contributed by atoms with E-state index in [0.29, 0.717) is 5.56 Å². The van der Waals surface area contributed by atoms with Crippen LogP contribution in [-0.4, -0.2) is 13.5 Å². The zero-order valence-electron chi connectivity index (χ0n) is 13.1. The van der Waals surface area contributed by atoms with E-state index < -0.39 is 10.0 Å². The molecule has 0 fully saturated rings. The molecule has 0 atom stereocenters. The SMILES string of the molecule is Cc1ccc(NS(=O)(=O)c2ccccc2-c2ccccc2)c(O)c1. The summed E-state index contributed by atoms with van der Waals surface area (Å²) in [7, 11) is -3.84. The van der Waals surface area contributed by atoms with Gasteiger partial charge >= 0.3 is 0 Å². The second-order valence-electron chi connectivity index (χ2n) is 5.49. The average molecular weight is 339 g/mol. The molecule has 0 saturated carbocycles. The predicted molar refractivity (Wildman–Crippen MR) is 95.5 cm³/mol. The average Bonchev–Trinajstić information content (AvgIpc) is 2.58. The van der Waals surface area contributed by atoms with Crippen LogP contribution < -0.4 is 4.72 Å². The smallest absolute Gasteiger partial charge is 0.262 e. The van der Waals surface area contributed by atoms with Gasteiger partial charge in [0.1, 0.15) is 5.75 Å². The number of hydrogen-bond donors (Lipinski definition) is 2. The van der Waals surface area contributed by atoms with Crippen LogP contribution in [-0.2, 0) is 10.0 Å². The Balaban J connectivity index is 2.05. The van der Waals surface area contributed by atoms with Gasteiger partial charge in [0.05, 0.1) is 10.6 Å². The third-order valence-electron chi connectivity index (χ3n) is 3.66. The Morgan fingerprint density at radius 3 is 2.25 bits per heavy atom. The second kappa shape index (κ2) is 6.37. The van der Waals surface area contributed by atoms with E-state index in [2.05, 4.69) is 4.72 Å². The molecule has 0 radical (unpaired) electrons. The van der Waals surface area contributed by atoms with Crippen LogP contribution in [0, 0.1) is 6.92 Å². The molecule has 0 amide bonds. The molecule has 3 rings (SSSR count). The lowest BCUT2D eigenvalue weighted by molar-refractivity contribution is 0.477. The van der Waals surface area contributed by atoms with E-state index in [1.54, 1.807) is 36.4 Å². The van der Waals surface area contributed by atoms with Crippen LogP contribution >= 0.6 is 0 Å². The number of benzene rings is 3. The summed E-state index contributed by atoms with van der Waals surface area (Å²) < 4.78 is 28.1. The van der Waals surface area contributed by atoms with E-state index >= 15 is 0 Å². The van der Waals surface area contributed by atoms with Crippen molar-refractivity contribution in [3.05, 3.63) is 78.4 Å². The zero-order valence-corrected chi connectivity index (χ0v) is 13.9. The number of phenolic OH excluding ortho intramolecular Hbond substituents is 1. The molecule has 0 aromatic heterocycles. The largest absolute Gasteiger partial charge is 0.506 e. The van der Waals surface area contributed by atoms with Crippen molar-refractivity contribution >= 4 is 15.7 Å². The molecule has 0 bridgehead atoms. The van der Waals surface area contributed by atoms with Gasteiger partial charge in [-0.2, -0.15) is 0 Å². The summed E-state index contributed by atoms with van der Waals surface area (Å²) in [5.74, 6) is -0.101. The first-order chi connectivity index (χ1) is 11.5. The van der Waals surface area contributed by atoms with E-state index in [-0.39, 0.29) is 16.3 Å². The number of phenols is 1. The molecule has 0 aliphatic heterocycles. The normalized spacial score (nSPS) is 11.2. The molecule has 4 nitrogen and oxygen atoms in total. The topological polar surface area (TPSA) is 66.4 Å². The van der Waals surface area contributed by atoms with Gasteiger partial charge in [-0.3, -0.25) is 4.72 Å². The van der Waals surface area contributed by atoms with Crippen LogP contribution in [0.2, 0.25) is 0 Å². The van der Waals surface area contributed by atoms with Gasteiger partial charge < -0.3 is 5.11 Å². The van der Waals surface area contributed by atoms with Gasteiger partial charge in [0.25, 0.3) is 10.0 Å². The molecule has 3 aromatic carbocycles. The second-order valence-corrected chi connectivity index (χ2v) is 7.14. The van der Waals surface area contributed by atoms with Crippen LogP contribution in [0.25, 0.3) is 11.1 Å². The highest BCUT2D eigenvalue weighted by molar-refractivity contribution is 7.92. The van der Waals surface area contributed by atoms with Crippen molar-refractivity contribution in [2.75, 3.05) is 4.72 Å². The minimum Gasteiger partial charge on any atom is -0.506 e. The standard InChI is InChI=1S/C19H17NO3S/c1-14-11-12-17(18(21)13-14)20-24(22,23)19-10-6-5-9-16(19)15-7-3-2-4-8-15/h2-13,20-21H,1H3. The van der Waals surface area contributed by atoms with Crippen LogP contribution in [0.3, 0.4) is 0 Å². The van der Waals surface area contributed by atoms with Gasteiger partial charge in [-0.15, -0.1) is 0 Å². The molecule has 5 heteroatoms. The predicted octanol–water partition coefficient (Wildman–Crippen LogP) is 4.17. The molecule has 0 spiro atoms. The first-order valence-corrected chi connectivity index (χ1v) is 8.92. The molecular weight excluding hydrogens is 322 g/mol. The van der Waals surface area contributed by atoms with Crippen LogP contribution in [0.1, 0.15) is 5.56 Å². The van der Waals surface area contributed by atoms with Crippen molar-refractivity contribution < 1.29 is 13.5 Å². The van der Waals surface area contributed by atoms with Crippen LogP contribution in [0.5, 0.6) is 5.75 Å². The number of rotatable bonds is 4. The molecular formula is C19H17NO3S. The molecule has 0 aliphatic carbocycles. The Morgan fingerprint density at radius 1 is 0.875 bits per heavy atom. The highest BCUT2D eigenvalue weighted by atomic mass is 32.2. The Bertz CT molecular complexity index is 967. The van der Waals surface area contributed by atoms with E-state index in [1.165, 1.54) is 6.07 Å². The fourth-order valence-electron chi connectivity index (χ4n) is 2.48. The summed E-state index contributed by atoms with van der Waals surface area (Å²) in [4.78, 5) is 0.163. The minimum atomic E-state index is -3.84. The molecule has 24 heavy (non-hydrogen) atoms. The van der Waals surface area contributed by atoms with E-state index in [0.717, 1.165) is 11.1 Å². The summed E-state index contributed by atoms with van der Waals surface area (Å²) >= 11 is 0. The molecule has 0 aliphatic rings. The number of hydrogen-bond acceptors (Lipinski definition) is 3. The minimum absolute atomic E-state index is 0.101. The van der Waals surface area contributed by atoms with Gasteiger partial charge in [-0.1, -0.05) is 54.6 Å². The number of sulfonamides is 1. The van der Waals surface area contributed by atoms with Gasteiger partial charge in [0.15, 0.2) is 0 Å². The number of aromatic hydroxyl groups is 1. The zero-order chi connectivity index (χ0) is 17.2. The maximum atomic E-state index is 12.8. The molecule has 122 valence electrons. The van der Waals surface area contributed by atoms with Gasteiger partial charge in [0, 0.05) is 5.56 Å². The van der Waals surface area contributed by atoms with Crippen molar-refractivity contribution in [2.24, 2.45) is 0 Å². The summed E-state index contributed by atoms with van der Waals surface area (Å²) in [5.41, 5.74) is 2.42. The lowest BCUT2D eigenvalue weighted by Crippen LogP contribution is -2.14. The van der Waals surface area contributed by atoms with Crippen molar-refractivity contribution in [3.8, 4) is 16.9 Å². The maximum absolute atomic E-state index is 12.8. The molecule has 0 saturated heterocycles. The Kier molecular flexibility index (Phi) is 4.27. The highest BCUT2D eigenvalue weighted by Gasteiger charge is 2.20. The third kappa shape index (κ3) is 3.26. The number of anilines is 1. The fraction of sp³-hybridized carbons (Fsp3) is 0.0526. The summed E-state index contributed by atoms with van der Waals surface area (Å²) in [6.07, 6.45) is 0. The number of nitrogens with one attached hydrogen (secondary N) is 1. The van der Waals surface area contributed by atoms with Crippen molar-refractivity contribution in [1.82, 2.24) is 0 Å². The summed E-state index contributed by atoms with van der Waals surface area (Å²) in [6, 6.07) is 20.9. The van der Waals surface area contributed by atoms with Gasteiger partial charge in [0.2, 0.25) is 0 Å². The van der Waals surface area contributed by atoms with E-state index in [4.69, 9.17) is 0 Å². The summed E-state index contributed by atoms with van der Waals surface area (Å²) in [5, 5.41) is 9.96. The summed E-state index contributed by atoms with van der Waals surface area (Å²) in [6.45, 7) is 1.82. The monoisotopic (exact) mass is 339 g/mol. The first kappa shape index (κ1) is 16.1. The lowest BCUT2D eigenvalue weighted by atomic mass is 10.1. The molecule has 2 N–H and O–H groups in total. The molecule has 0 heterocycles. The van der Waals surface area contributed by atoms with Crippen molar-refractivity contribution in [2.45, 2.75) is 11.8 Å². The molecule has 0 unspecified atom stereocenters. The van der Waals surface area contributed by atoms with Gasteiger partial charge in [-0.25, -0.2) is 8.42 Å². The van der Waals surface area contributed by atoms with Gasteiger partial charge in [-0.05, 0) is 36.2 Å². The van der Waals surface area contributed by atoms with Crippen LogP contribution in [0.15, 0.2) is 77.7 Å². The van der Waals surface area contributed by atoms with Crippen molar-refractivity contribution in [1.29, 1.82) is 0 Å². The first-order valence-electron chi connectivity index (χ1n) is 7.44. The Hall–Kier alpha value is -2.79. The highest BCUT2D eigenvalue weighted by Crippen LogP contribution is 2.31. The lowest BCUT2D eigenvalue weighted by Gasteiger charge is -2.13. The quantitative estimate of drug-likeness (QED) is 0.701. The van der Waals surface area contributed by atoms with E-state index in [9.17, 15) is 13.5 Å². The Labute approximate surface area is 141 Å². The maximum Gasteiger partial charge on any atom is 0.262 e. The van der Waals surface area contributed by atoms with Crippen molar-refractivity contribution in [3.63, 3.8) is 0 Å². The third-order valence-corrected chi connectivity index (χ3v) is 5.08. The van der Waals surface area contributed by atoms with Crippen LogP contribution in [0.4, 0.5) is 5.69 Å². The van der Waals surface area contributed by atoms with E-state index in [1.807, 2.05) is 37.3 Å². The fourth-order valence-corrected chi connectivity index (χ4v) is 3.79.